The molecule has 0 atom stereocenters. The van der Waals surface area contributed by atoms with Gasteiger partial charge in [-0.1, -0.05) is 12.1 Å². The van der Waals surface area contributed by atoms with Gasteiger partial charge in [0, 0.05) is 18.7 Å². The van der Waals surface area contributed by atoms with Crippen molar-refractivity contribution in [2.24, 2.45) is 0 Å². The van der Waals surface area contributed by atoms with Crippen molar-refractivity contribution >= 4 is 27.5 Å². The minimum atomic E-state index is -0.147. The highest BCUT2D eigenvalue weighted by Crippen LogP contribution is 2.21. The Kier molecular flexibility index (Phi) is 4.57. The van der Waals surface area contributed by atoms with E-state index in [0.717, 1.165) is 30.6 Å². The molecule has 4 rings (SSSR count). The molecule has 1 amide bonds. The summed E-state index contributed by atoms with van der Waals surface area (Å²) in [5.74, 6) is 0.502. The summed E-state index contributed by atoms with van der Waals surface area (Å²) in [7, 11) is 0. The van der Waals surface area contributed by atoms with E-state index in [2.05, 4.69) is 21.4 Å². The number of nitrogens with zero attached hydrogens (tertiary/aromatic N) is 2. The molecule has 6 nitrogen and oxygen atoms in total. The fourth-order valence-corrected chi connectivity index (χ4v) is 4.13. The van der Waals surface area contributed by atoms with Gasteiger partial charge in [-0.05, 0) is 48.5 Å². The zero-order chi connectivity index (χ0) is 18.1. The first kappa shape index (κ1) is 16.9. The number of nitrogens with one attached hydrogen (secondary N) is 2. The van der Waals surface area contributed by atoms with Crippen LogP contribution in [0, 0.1) is 0 Å². The van der Waals surface area contributed by atoms with Crippen LogP contribution in [0.4, 0.5) is 0 Å². The van der Waals surface area contributed by atoms with Crippen molar-refractivity contribution in [3.63, 3.8) is 0 Å². The van der Waals surface area contributed by atoms with E-state index in [4.69, 9.17) is 0 Å². The Morgan fingerprint density at radius 2 is 2.23 bits per heavy atom. The first-order valence-corrected chi connectivity index (χ1v) is 9.62. The molecule has 1 aliphatic heterocycles. The fraction of sp³-hybridized carbons (Fsp3) is 0.316. The van der Waals surface area contributed by atoms with Gasteiger partial charge in [0.15, 0.2) is 0 Å². The van der Waals surface area contributed by atoms with Gasteiger partial charge in [0.2, 0.25) is 0 Å². The van der Waals surface area contributed by atoms with Gasteiger partial charge >= 0.3 is 0 Å². The molecule has 0 spiro atoms. The number of aromatic amines is 1. The molecule has 1 aliphatic rings. The Balaban J connectivity index is 1.64. The highest BCUT2D eigenvalue weighted by atomic mass is 32.1. The van der Waals surface area contributed by atoms with Crippen LogP contribution in [0.15, 0.2) is 34.4 Å². The lowest BCUT2D eigenvalue weighted by molar-refractivity contribution is 0.0747. The average molecular weight is 368 g/mol. The normalized spacial score (nSPS) is 13.6. The molecule has 7 heteroatoms. The summed E-state index contributed by atoms with van der Waals surface area (Å²) in [6.45, 7) is 4.46. The number of carbonyl (C=O) groups is 1. The van der Waals surface area contributed by atoms with Crippen LogP contribution < -0.4 is 10.9 Å². The van der Waals surface area contributed by atoms with E-state index in [1.165, 1.54) is 16.9 Å². The smallest absolute Gasteiger partial charge is 0.268 e. The highest BCUT2D eigenvalue weighted by molar-refractivity contribution is 7.17. The van der Waals surface area contributed by atoms with Crippen LogP contribution in [-0.4, -0.2) is 33.9 Å². The lowest BCUT2D eigenvalue weighted by Crippen LogP contribution is -2.34. The number of carbonyl (C=O) groups excluding carboxylic acids is 1. The van der Waals surface area contributed by atoms with E-state index in [-0.39, 0.29) is 18.0 Å². The standard InChI is InChI=1S/C19H20N4O2S/c1-2-23(11-16-21-15-7-9-26-17(15)18(24)22-16)19(25)14-5-3-4-12-10-20-8-6-13(12)14/h3-5,7,9,20H,2,6,8,10-11H2,1H3,(H,21,22,24). The minimum Gasteiger partial charge on any atom is -0.331 e. The molecule has 3 aromatic rings. The third-order valence-corrected chi connectivity index (χ3v) is 5.65. The molecule has 0 fully saturated rings. The molecule has 2 N–H and O–H groups in total. The number of benzene rings is 1. The van der Waals surface area contributed by atoms with E-state index < -0.39 is 0 Å². The predicted molar refractivity (Wildman–Crippen MR) is 103 cm³/mol. The van der Waals surface area contributed by atoms with Crippen LogP contribution in [0.3, 0.4) is 0 Å². The maximum Gasteiger partial charge on any atom is 0.268 e. The summed E-state index contributed by atoms with van der Waals surface area (Å²) >= 11 is 1.37. The lowest BCUT2D eigenvalue weighted by atomic mass is 9.95. The monoisotopic (exact) mass is 368 g/mol. The van der Waals surface area contributed by atoms with Crippen LogP contribution >= 0.6 is 11.3 Å². The van der Waals surface area contributed by atoms with Crippen molar-refractivity contribution in [2.45, 2.75) is 26.4 Å². The van der Waals surface area contributed by atoms with Crippen molar-refractivity contribution < 1.29 is 4.79 Å². The number of rotatable bonds is 4. The third kappa shape index (κ3) is 3.04. The zero-order valence-corrected chi connectivity index (χ0v) is 15.4. The molecule has 0 radical (unpaired) electrons. The van der Waals surface area contributed by atoms with Crippen LogP contribution in [0.5, 0.6) is 0 Å². The highest BCUT2D eigenvalue weighted by Gasteiger charge is 2.22. The zero-order valence-electron chi connectivity index (χ0n) is 14.5. The molecule has 134 valence electrons. The SMILES string of the molecule is CCN(Cc1nc2ccsc2c(=O)[nH]1)C(=O)c1cccc2c1CCNC2. The summed E-state index contributed by atoms with van der Waals surface area (Å²) in [4.78, 5) is 34.3. The predicted octanol–water partition coefficient (Wildman–Crippen LogP) is 2.29. The van der Waals surface area contributed by atoms with Crippen molar-refractivity contribution in [1.82, 2.24) is 20.2 Å². The Hall–Kier alpha value is -2.51. The van der Waals surface area contributed by atoms with Gasteiger partial charge < -0.3 is 15.2 Å². The number of fused-ring (bicyclic) bond motifs is 2. The van der Waals surface area contributed by atoms with E-state index in [1.54, 1.807) is 4.90 Å². The third-order valence-electron chi connectivity index (χ3n) is 4.74. The van der Waals surface area contributed by atoms with Crippen molar-refractivity contribution in [3.05, 3.63) is 62.5 Å². The van der Waals surface area contributed by atoms with Gasteiger partial charge in [0.25, 0.3) is 11.5 Å². The number of amides is 1. The maximum absolute atomic E-state index is 13.1. The molecule has 0 saturated heterocycles. The van der Waals surface area contributed by atoms with Crippen LogP contribution in [0.1, 0.15) is 34.2 Å². The van der Waals surface area contributed by atoms with Crippen molar-refractivity contribution in [3.8, 4) is 0 Å². The molecule has 0 saturated carbocycles. The van der Waals surface area contributed by atoms with Crippen molar-refractivity contribution in [1.29, 1.82) is 0 Å². The van der Waals surface area contributed by atoms with Gasteiger partial charge in [0.05, 0.1) is 12.1 Å². The summed E-state index contributed by atoms with van der Waals surface area (Å²) in [5.41, 5.74) is 3.60. The van der Waals surface area contributed by atoms with E-state index >= 15 is 0 Å². The second kappa shape index (κ2) is 7.01. The minimum absolute atomic E-state index is 0.0145. The Morgan fingerprint density at radius 1 is 1.35 bits per heavy atom. The second-order valence-corrected chi connectivity index (χ2v) is 7.25. The molecule has 1 aromatic carbocycles. The van der Waals surface area contributed by atoms with Gasteiger partial charge in [-0.25, -0.2) is 4.98 Å². The molecule has 2 aromatic heterocycles. The second-order valence-electron chi connectivity index (χ2n) is 6.34. The molecule has 0 unspecified atom stereocenters. The molecule has 3 heterocycles. The maximum atomic E-state index is 13.1. The summed E-state index contributed by atoms with van der Waals surface area (Å²) < 4.78 is 0.618. The Labute approximate surface area is 154 Å². The Bertz CT molecular complexity index is 1020. The number of H-pyrrole nitrogens is 1. The number of thiophene rings is 1. The molecule has 0 aliphatic carbocycles. The number of aromatic nitrogens is 2. The number of hydrogen-bond donors (Lipinski definition) is 2. The summed E-state index contributed by atoms with van der Waals surface area (Å²) in [5, 5.41) is 5.19. The van der Waals surface area contributed by atoms with Crippen molar-refractivity contribution in [2.75, 3.05) is 13.1 Å². The number of hydrogen-bond acceptors (Lipinski definition) is 5. The summed E-state index contributed by atoms with van der Waals surface area (Å²) in [6, 6.07) is 7.73. The topological polar surface area (TPSA) is 78.1 Å². The van der Waals surface area contributed by atoms with Gasteiger partial charge in [0.1, 0.15) is 10.5 Å². The first-order chi connectivity index (χ1) is 12.7. The van der Waals surface area contributed by atoms with Crippen LogP contribution in [0.25, 0.3) is 10.2 Å². The first-order valence-electron chi connectivity index (χ1n) is 8.74. The Morgan fingerprint density at radius 3 is 3.08 bits per heavy atom. The molecular weight excluding hydrogens is 348 g/mol. The lowest BCUT2D eigenvalue weighted by Gasteiger charge is -2.25. The fourth-order valence-electron chi connectivity index (χ4n) is 3.41. The summed E-state index contributed by atoms with van der Waals surface area (Å²) in [6.07, 6.45) is 0.852. The van der Waals surface area contributed by atoms with Crippen LogP contribution in [-0.2, 0) is 19.5 Å². The van der Waals surface area contributed by atoms with Gasteiger partial charge in [-0.15, -0.1) is 11.3 Å². The molecule has 26 heavy (non-hydrogen) atoms. The van der Waals surface area contributed by atoms with E-state index in [1.807, 2.05) is 30.5 Å². The molecule has 0 bridgehead atoms. The van der Waals surface area contributed by atoms with Crippen LogP contribution in [0.2, 0.25) is 0 Å². The largest absolute Gasteiger partial charge is 0.331 e. The quantitative estimate of drug-likeness (QED) is 0.741. The van der Waals surface area contributed by atoms with E-state index in [0.29, 0.717) is 22.6 Å². The average Bonchev–Trinajstić information content (AvgIpc) is 3.14. The molecular formula is C19H20N4O2S. The van der Waals surface area contributed by atoms with E-state index in [9.17, 15) is 9.59 Å². The van der Waals surface area contributed by atoms with Gasteiger partial charge in [-0.2, -0.15) is 0 Å². The van der Waals surface area contributed by atoms with Gasteiger partial charge in [-0.3, -0.25) is 9.59 Å².